The van der Waals surface area contributed by atoms with Crippen LogP contribution in [0.2, 0.25) is 0 Å². The van der Waals surface area contributed by atoms with E-state index in [2.05, 4.69) is 5.32 Å². The Bertz CT molecular complexity index is 683. The zero-order valence-electron chi connectivity index (χ0n) is 10.8. The third kappa shape index (κ3) is 3.00. The van der Waals surface area contributed by atoms with Gasteiger partial charge in [-0.1, -0.05) is 12.1 Å². The summed E-state index contributed by atoms with van der Waals surface area (Å²) < 4.78 is 13.3. The Morgan fingerprint density at radius 3 is 2.50 bits per heavy atom. The smallest absolute Gasteiger partial charge is 0.255 e. The van der Waals surface area contributed by atoms with E-state index in [-0.39, 0.29) is 17.0 Å². The van der Waals surface area contributed by atoms with Crippen molar-refractivity contribution in [1.82, 2.24) is 0 Å². The Labute approximate surface area is 115 Å². The van der Waals surface area contributed by atoms with Gasteiger partial charge in [0.1, 0.15) is 5.82 Å². The van der Waals surface area contributed by atoms with Crippen LogP contribution in [0.1, 0.15) is 27.6 Å². The first kappa shape index (κ1) is 13.7. The second-order valence-corrected chi connectivity index (χ2v) is 4.33. The molecule has 0 aliphatic carbocycles. The summed E-state index contributed by atoms with van der Waals surface area (Å²) in [5.41, 5.74) is 6.46. The van der Waals surface area contributed by atoms with Crippen LogP contribution in [-0.4, -0.2) is 11.7 Å². The predicted octanol–water partition coefficient (Wildman–Crippen LogP) is 2.86. The molecule has 1 amide bonds. The lowest BCUT2D eigenvalue weighted by molar-refractivity contribution is 0.101. The quantitative estimate of drug-likeness (QED) is 0.666. The molecule has 0 aliphatic rings. The molecule has 0 radical (unpaired) electrons. The van der Waals surface area contributed by atoms with Crippen LogP contribution < -0.4 is 11.1 Å². The SMILES string of the molecule is CC(=O)c1cccc(NC(=O)c2ccc(N)c(F)c2)c1. The van der Waals surface area contributed by atoms with Gasteiger partial charge in [0.15, 0.2) is 5.78 Å². The number of carbonyl (C=O) groups excluding carboxylic acids is 2. The van der Waals surface area contributed by atoms with Crippen molar-refractivity contribution in [3.63, 3.8) is 0 Å². The molecule has 0 bridgehead atoms. The van der Waals surface area contributed by atoms with Crippen LogP contribution in [0.15, 0.2) is 42.5 Å². The van der Waals surface area contributed by atoms with Gasteiger partial charge in [0.2, 0.25) is 0 Å². The first-order valence-corrected chi connectivity index (χ1v) is 5.95. The van der Waals surface area contributed by atoms with Gasteiger partial charge < -0.3 is 11.1 Å². The minimum Gasteiger partial charge on any atom is -0.396 e. The summed E-state index contributed by atoms with van der Waals surface area (Å²) in [4.78, 5) is 23.2. The maximum Gasteiger partial charge on any atom is 0.255 e. The number of nitrogens with two attached hydrogens (primary N) is 1. The third-order valence-electron chi connectivity index (χ3n) is 2.79. The Hall–Kier alpha value is -2.69. The zero-order valence-corrected chi connectivity index (χ0v) is 10.8. The van der Waals surface area contributed by atoms with Crippen LogP contribution in [-0.2, 0) is 0 Å². The van der Waals surface area contributed by atoms with Crippen LogP contribution in [0.5, 0.6) is 0 Å². The van der Waals surface area contributed by atoms with Gasteiger partial charge in [-0.05, 0) is 37.3 Å². The van der Waals surface area contributed by atoms with Gasteiger partial charge in [0.25, 0.3) is 5.91 Å². The normalized spacial score (nSPS) is 10.1. The number of anilines is 2. The van der Waals surface area contributed by atoms with Crippen molar-refractivity contribution < 1.29 is 14.0 Å². The number of rotatable bonds is 3. The van der Waals surface area contributed by atoms with Crippen LogP contribution >= 0.6 is 0 Å². The average Bonchev–Trinajstić information content (AvgIpc) is 2.42. The highest BCUT2D eigenvalue weighted by atomic mass is 19.1. The lowest BCUT2D eigenvalue weighted by Gasteiger charge is -2.07. The standard InChI is InChI=1S/C15H13FN2O2/c1-9(19)10-3-2-4-12(7-10)18-15(20)11-5-6-14(17)13(16)8-11/h2-8H,17H2,1H3,(H,18,20). The van der Waals surface area contributed by atoms with E-state index in [9.17, 15) is 14.0 Å². The molecule has 0 aliphatic heterocycles. The zero-order chi connectivity index (χ0) is 14.7. The van der Waals surface area contributed by atoms with Crippen LogP contribution in [0.3, 0.4) is 0 Å². The van der Waals surface area contributed by atoms with E-state index in [1.165, 1.54) is 19.1 Å². The van der Waals surface area contributed by atoms with Gasteiger partial charge in [-0.3, -0.25) is 9.59 Å². The maximum absolute atomic E-state index is 13.3. The number of benzene rings is 2. The summed E-state index contributed by atoms with van der Waals surface area (Å²) in [6.07, 6.45) is 0. The van der Waals surface area contributed by atoms with E-state index in [4.69, 9.17) is 5.73 Å². The van der Waals surface area contributed by atoms with Gasteiger partial charge in [0, 0.05) is 16.8 Å². The number of amides is 1. The first-order chi connectivity index (χ1) is 9.47. The van der Waals surface area contributed by atoms with Crippen LogP contribution in [0, 0.1) is 5.82 Å². The molecule has 0 saturated heterocycles. The Kier molecular flexibility index (Phi) is 3.79. The summed E-state index contributed by atoms with van der Waals surface area (Å²) >= 11 is 0. The van der Waals surface area contributed by atoms with Crippen molar-refractivity contribution >= 4 is 23.1 Å². The molecular weight excluding hydrogens is 259 g/mol. The molecule has 0 unspecified atom stereocenters. The monoisotopic (exact) mass is 272 g/mol. The van der Waals surface area contributed by atoms with Crippen molar-refractivity contribution in [2.45, 2.75) is 6.92 Å². The molecule has 2 aromatic rings. The van der Waals surface area contributed by atoms with E-state index in [0.29, 0.717) is 11.3 Å². The second kappa shape index (κ2) is 5.52. The third-order valence-corrected chi connectivity index (χ3v) is 2.79. The second-order valence-electron chi connectivity index (χ2n) is 4.33. The predicted molar refractivity (Wildman–Crippen MR) is 75.2 cm³/mol. The van der Waals surface area contributed by atoms with Crippen molar-refractivity contribution in [3.8, 4) is 0 Å². The van der Waals surface area contributed by atoms with Crippen molar-refractivity contribution in [1.29, 1.82) is 0 Å². The van der Waals surface area contributed by atoms with Gasteiger partial charge in [-0.25, -0.2) is 4.39 Å². The number of hydrogen-bond donors (Lipinski definition) is 2. The average molecular weight is 272 g/mol. The van der Waals surface area contributed by atoms with Crippen LogP contribution in [0.25, 0.3) is 0 Å². The highest BCUT2D eigenvalue weighted by Crippen LogP contribution is 2.15. The summed E-state index contributed by atoms with van der Waals surface area (Å²) in [6.45, 7) is 1.44. The highest BCUT2D eigenvalue weighted by molar-refractivity contribution is 6.05. The molecule has 0 fully saturated rings. The van der Waals surface area contributed by atoms with Gasteiger partial charge in [-0.15, -0.1) is 0 Å². The Morgan fingerprint density at radius 2 is 1.85 bits per heavy atom. The molecule has 0 atom stereocenters. The van der Waals surface area contributed by atoms with E-state index >= 15 is 0 Å². The first-order valence-electron chi connectivity index (χ1n) is 5.95. The van der Waals surface area contributed by atoms with E-state index < -0.39 is 11.7 Å². The van der Waals surface area contributed by atoms with Gasteiger partial charge in [0.05, 0.1) is 5.69 Å². The van der Waals surface area contributed by atoms with E-state index in [1.807, 2.05) is 0 Å². The minimum absolute atomic E-state index is 0.0138. The number of Topliss-reactive ketones (excluding diaryl/α,β-unsaturated/α-hetero) is 1. The van der Waals surface area contributed by atoms with Crippen molar-refractivity contribution in [2.75, 3.05) is 11.1 Å². The van der Waals surface area contributed by atoms with Crippen LogP contribution in [0.4, 0.5) is 15.8 Å². The lowest BCUT2D eigenvalue weighted by Crippen LogP contribution is -2.12. The number of nitrogen functional groups attached to an aromatic ring is 1. The fourth-order valence-electron chi connectivity index (χ4n) is 1.69. The summed E-state index contributed by atoms with van der Waals surface area (Å²) in [6, 6.07) is 10.4. The molecule has 2 aromatic carbocycles. The Morgan fingerprint density at radius 1 is 1.10 bits per heavy atom. The molecule has 0 heterocycles. The van der Waals surface area contributed by atoms with Gasteiger partial charge in [-0.2, -0.15) is 0 Å². The molecule has 2 rings (SSSR count). The molecule has 0 saturated carbocycles. The van der Waals surface area contributed by atoms with Gasteiger partial charge >= 0.3 is 0 Å². The fraction of sp³-hybridized carbons (Fsp3) is 0.0667. The molecule has 20 heavy (non-hydrogen) atoms. The Balaban J connectivity index is 2.21. The molecule has 0 spiro atoms. The molecular formula is C15H13FN2O2. The number of nitrogens with one attached hydrogen (secondary N) is 1. The van der Waals surface area contributed by atoms with Crippen molar-refractivity contribution in [2.24, 2.45) is 0 Å². The largest absolute Gasteiger partial charge is 0.396 e. The summed E-state index contributed by atoms with van der Waals surface area (Å²) in [5.74, 6) is -1.21. The van der Waals surface area contributed by atoms with Crippen molar-refractivity contribution in [3.05, 3.63) is 59.4 Å². The summed E-state index contributed by atoms with van der Waals surface area (Å²) in [5, 5.41) is 2.60. The number of ketones is 1. The molecule has 5 heteroatoms. The highest BCUT2D eigenvalue weighted by Gasteiger charge is 2.09. The lowest BCUT2D eigenvalue weighted by atomic mass is 10.1. The number of hydrogen-bond acceptors (Lipinski definition) is 3. The molecule has 3 N–H and O–H groups in total. The molecule has 102 valence electrons. The fourth-order valence-corrected chi connectivity index (χ4v) is 1.69. The maximum atomic E-state index is 13.3. The van der Waals surface area contributed by atoms with E-state index in [1.54, 1.807) is 24.3 Å². The minimum atomic E-state index is -0.643. The molecule has 0 aromatic heterocycles. The number of carbonyl (C=O) groups is 2. The topological polar surface area (TPSA) is 72.2 Å². The molecule has 4 nitrogen and oxygen atoms in total. The summed E-state index contributed by atoms with van der Waals surface area (Å²) in [7, 11) is 0. The van der Waals surface area contributed by atoms with E-state index in [0.717, 1.165) is 6.07 Å². The number of halogens is 1.